The molecule has 1 aromatic carbocycles. The molecule has 1 amide bonds. The number of ether oxygens (including phenoxy) is 2. The molecule has 0 aliphatic carbocycles. The molecule has 0 unspecified atom stereocenters. The average Bonchev–Trinajstić information content (AvgIpc) is 2.42. The van der Waals surface area contributed by atoms with Crippen LogP contribution in [0.15, 0.2) is 18.2 Å². The van der Waals surface area contributed by atoms with Gasteiger partial charge in [0.1, 0.15) is 6.54 Å². The molecular formula is C13H16N2O4. The van der Waals surface area contributed by atoms with Gasteiger partial charge in [0, 0.05) is 0 Å². The van der Waals surface area contributed by atoms with Crippen molar-refractivity contribution >= 4 is 5.91 Å². The van der Waals surface area contributed by atoms with Gasteiger partial charge < -0.3 is 19.9 Å². The first kappa shape index (κ1) is 14.8. The Balaban J connectivity index is 2.68. The maximum absolute atomic E-state index is 11.3. The summed E-state index contributed by atoms with van der Waals surface area (Å²) in [7, 11) is 1.48. The minimum Gasteiger partial charge on any atom is -0.493 e. The Morgan fingerprint density at radius 2 is 2.26 bits per heavy atom. The molecule has 0 saturated carbocycles. The molecule has 1 rings (SSSR count). The molecule has 0 heterocycles. The fourth-order valence-electron chi connectivity index (χ4n) is 1.40. The largest absolute Gasteiger partial charge is 0.493 e. The number of nitrogens with one attached hydrogen (secondary N) is 1. The number of aliphatic hydroxyl groups excluding tert-OH is 1. The summed E-state index contributed by atoms with van der Waals surface area (Å²) in [6.45, 7) is 1.39. The van der Waals surface area contributed by atoms with E-state index in [9.17, 15) is 9.90 Å². The average molecular weight is 264 g/mol. The van der Waals surface area contributed by atoms with E-state index in [4.69, 9.17) is 14.7 Å². The minimum absolute atomic E-state index is 0.0553. The third-order valence-corrected chi connectivity index (χ3v) is 2.39. The molecule has 0 aliphatic rings. The van der Waals surface area contributed by atoms with Crippen molar-refractivity contribution in [3.63, 3.8) is 0 Å². The Labute approximate surface area is 111 Å². The first-order chi connectivity index (χ1) is 9.08. The molecule has 1 aromatic rings. The van der Waals surface area contributed by atoms with E-state index in [1.54, 1.807) is 31.2 Å². The molecule has 0 aliphatic heterocycles. The topological polar surface area (TPSA) is 91.6 Å². The Morgan fingerprint density at radius 3 is 2.84 bits per heavy atom. The van der Waals surface area contributed by atoms with Crippen molar-refractivity contribution in [2.75, 3.05) is 20.3 Å². The van der Waals surface area contributed by atoms with Crippen LogP contribution < -0.4 is 14.8 Å². The maximum atomic E-state index is 11.3. The van der Waals surface area contributed by atoms with Gasteiger partial charge in [-0.25, -0.2) is 0 Å². The Hall–Kier alpha value is -2.26. The highest BCUT2D eigenvalue weighted by atomic mass is 16.5. The molecule has 0 bridgehead atoms. The summed E-state index contributed by atoms with van der Waals surface area (Å²) in [5.74, 6) is 0.452. The Morgan fingerprint density at radius 1 is 1.53 bits per heavy atom. The number of benzene rings is 1. The lowest BCUT2D eigenvalue weighted by molar-refractivity contribution is -0.122. The maximum Gasteiger partial charge on any atom is 0.258 e. The van der Waals surface area contributed by atoms with Crippen LogP contribution in [0.3, 0.4) is 0 Å². The van der Waals surface area contributed by atoms with Gasteiger partial charge in [-0.05, 0) is 24.6 Å². The number of aliphatic hydroxyl groups is 1. The van der Waals surface area contributed by atoms with Gasteiger partial charge in [0.25, 0.3) is 5.91 Å². The molecular weight excluding hydrogens is 248 g/mol. The van der Waals surface area contributed by atoms with Gasteiger partial charge in [0.2, 0.25) is 0 Å². The SMILES string of the molecule is COc1cc([C@H](C)O)ccc1OCC(=O)NCC#N. The number of carbonyl (C=O) groups excluding carboxylic acids is 1. The second-order valence-corrected chi connectivity index (χ2v) is 3.81. The predicted molar refractivity (Wildman–Crippen MR) is 67.7 cm³/mol. The van der Waals surface area contributed by atoms with Gasteiger partial charge in [-0.3, -0.25) is 4.79 Å². The zero-order valence-corrected chi connectivity index (χ0v) is 10.8. The zero-order valence-electron chi connectivity index (χ0n) is 10.8. The normalized spacial score (nSPS) is 11.3. The van der Waals surface area contributed by atoms with E-state index >= 15 is 0 Å². The second kappa shape index (κ2) is 7.24. The number of nitriles is 1. The summed E-state index contributed by atoms with van der Waals surface area (Å²) in [6, 6.07) is 6.76. The number of amides is 1. The number of methoxy groups -OCH3 is 1. The highest BCUT2D eigenvalue weighted by molar-refractivity contribution is 5.77. The lowest BCUT2D eigenvalue weighted by atomic mass is 10.1. The molecule has 6 heteroatoms. The lowest BCUT2D eigenvalue weighted by Gasteiger charge is -2.12. The summed E-state index contributed by atoms with van der Waals surface area (Å²) in [4.78, 5) is 11.3. The fraction of sp³-hybridized carbons (Fsp3) is 0.385. The minimum atomic E-state index is -0.609. The van der Waals surface area contributed by atoms with Crippen LogP contribution in [0.25, 0.3) is 0 Å². The van der Waals surface area contributed by atoms with Gasteiger partial charge in [-0.2, -0.15) is 5.26 Å². The quantitative estimate of drug-likeness (QED) is 0.740. The van der Waals surface area contributed by atoms with E-state index in [0.29, 0.717) is 17.1 Å². The van der Waals surface area contributed by atoms with Crippen LogP contribution in [0.2, 0.25) is 0 Å². The summed E-state index contributed by atoms with van der Waals surface area (Å²) in [5.41, 5.74) is 0.693. The molecule has 0 spiro atoms. The van der Waals surface area contributed by atoms with E-state index in [2.05, 4.69) is 5.32 Å². The third kappa shape index (κ3) is 4.48. The van der Waals surface area contributed by atoms with E-state index < -0.39 is 6.10 Å². The lowest BCUT2D eigenvalue weighted by Crippen LogP contribution is -2.29. The van der Waals surface area contributed by atoms with Crippen LogP contribution >= 0.6 is 0 Å². The molecule has 6 nitrogen and oxygen atoms in total. The van der Waals surface area contributed by atoms with E-state index in [0.717, 1.165) is 0 Å². The van der Waals surface area contributed by atoms with Crippen LogP contribution in [0.4, 0.5) is 0 Å². The van der Waals surface area contributed by atoms with Gasteiger partial charge in [-0.15, -0.1) is 0 Å². The summed E-state index contributed by atoms with van der Waals surface area (Å²) < 4.78 is 10.4. The van der Waals surface area contributed by atoms with Gasteiger partial charge in [-0.1, -0.05) is 6.07 Å². The highest BCUT2D eigenvalue weighted by Crippen LogP contribution is 2.30. The number of carbonyl (C=O) groups is 1. The summed E-state index contributed by atoms with van der Waals surface area (Å²) >= 11 is 0. The molecule has 1 atom stereocenters. The first-order valence-electron chi connectivity index (χ1n) is 5.71. The van der Waals surface area contributed by atoms with Crippen molar-refractivity contribution in [1.29, 1.82) is 5.26 Å². The van der Waals surface area contributed by atoms with Crippen LogP contribution in [0.1, 0.15) is 18.6 Å². The van der Waals surface area contributed by atoms with Crippen molar-refractivity contribution in [2.24, 2.45) is 0 Å². The molecule has 102 valence electrons. The molecule has 0 radical (unpaired) electrons. The van der Waals surface area contributed by atoms with Crippen molar-refractivity contribution in [3.8, 4) is 17.6 Å². The molecule has 0 saturated heterocycles. The van der Waals surface area contributed by atoms with Gasteiger partial charge in [0.05, 0.1) is 19.3 Å². The molecule has 2 N–H and O–H groups in total. The summed E-state index contributed by atoms with van der Waals surface area (Å²) in [5, 5.41) is 20.1. The standard InChI is InChI=1S/C13H16N2O4/c1-9(16)10-3-4-11(12(7-10)18-2)19-8-13(17)15-6-5-14/h3-4,7,9,16H,6,8H2,1-2H3,(H,15,17)/t9-/m0/s1. The predicted octanol–water partition coefficient (Wildman–Crippen LogP) is 0.767. The van der Waals surface area contributed by atoms with Crippen molar-refractivity contribution < 1.29 is 19.4 Å². The smallest absolute Gasteiger partial charge is 0.258 e. The number of hydrogen-bond acceptors (Lipinski definition) is 5. The fourth-order valence-corrected chi connectivity index (χ4v) is 1.40. The van der Waals surface area contributed by atoms with E-state index in [1.807, 2.05) is 0 Å². The van der Waals surface area contributed by atoms with Crippen LogP contribution in [0, 0.1) is 11.3 Å². The van der Waals surface area contributed by atoms with Crippen LogP contribution in [-0.2, 0) is 4.79 Å². The number of nitrogens with zero attached hydrogens (tertiary/aromatic N) is 1. The number of hydrogen-bond donors (Lipinski definition) is 2. The van der Waals surface area contributed by atoms with E-state index in [-0.39, 0.29) is 19.1 Å². The zero-order chi connectivity index (χ0) is 14.3. The Kier molecular flexibility index (Phi) is 5.64. The Bertz CT molecular complexity index is 480. The molecule has 0 aromatic heterocycles. The van der Waals surface area contributed by atoms with Crippen molar-refractivity contribution in [2.45, 2.75) is 13.0 Å². The molecule has 19 heavy (non-hydrogen) atoms. The van der Waals surface area contributed by atoms with Crippen molar-refractivity contribution in [3.05, 3.63) is 23.8 Å². The van der Waals surface area contributed by atoms with Crippen molar-refractivity contribution in [1.82, 2.24) is 5.32 Å². The highest BCUT2D eigenvalue weighted by Gasteiger charge is 2.10. The second-order valence-electron chi connectivity index (χ2n) is 3.81. The van der Waals surface area contributed by atoms with Crippen LogP contribution in [0.5, 0.6) is 11.5 Å². The summed E-state index contributed by atoms with van der Waals surface area (Å²) in [6.07, 6.45) is -0.609. The van der Waals surface area contributed by atoms with E-state index in [1.165, 1.54) is 7.11 Å². The molecule has 0 fully saturated rings. The van der Waals surface area contributed by atoms with Crippen LogP contribution in [-0.4, -0.2) is 31.3 Å². The van der Waals surface area contributed by atoms with Gasteiger partial charge in [0.15, 0.2) is 18.1 Å². The van der Waals surface area contributed by atoms with Gasteiger partial charge >= 0.3 is 0 Å². The third-order valence-electron chi connectivity index (χ3n) is 2.39. The number of rotatable bonds is 6. The monoisotopic (exact) mass is 264 g/mol. The first-order valence-corrected chi connectivity index (χ1v) is 5.71.